The number of hydrogen-bond acceptors (Lipinski definition) is 1. The Morgan fingerprint density at radius 2 is 1.69 bits per heavy atom. The maximum atomic E-state index is 11.4. The van der Waals surface area contributed by atoms with Gasteiger partial charge in [-0.25, -0.2) is 0 Å². The van der Waals surface area contributed by atoms with Gasteiger partial charge >= 0.3 is 0 Å². The van der Waals surface area contributed by atoms with Crippen LogP contribution in [0.3, 0.4) is 0 Å². The number of amides is 1. The highest BCUT2D eigenvalue weighted by molar-refractivity contribution is 5.93. The zero-order chi connectivity index (χ0) is 12.2. The van der Waals surface area contributed by atoms with Crippen LogP contribution in [0.5, 0.6) is 0 Å². The third kappa shape index (κ3) is 2.43. The normalized spacial score (nSPS) is 11.2. The van der Waals surface area contributed by atoms with Crippen molar-refractivity contribution in [3.8, 4) is 0 Å². The van der Waals surface area contributed by atoms with E-state index in [2.05, 4.69) is 38.2 Å². The van der Waals surface area contributed by atoms with Crippen LogP contribution in [0.4, 0.5) is 0 Å². The van der Waals surface area contributed by atoms with Crippen molar-refractivity contribution in [1.29, 1.82) is 0 Å². The molecule has 0 saturated carbocycles. The Labute approximate surface area is 98.1 Å². The van der Waals surface area contributed by atoms with Crippen LogP contribution in [0.1, 0.15) is 49.5 Å². The molecule has 0 radical (unpaired) electrons. The van der Waals surface area contributed by atoms with Crippen LogP contribution in [-0.4, -0.2) is 13.0 Å². The molecule has 16 heavy (non-hydrogen) atoms. The lowest BCUT2D eigenvalue weighted by Gasteiger charge is -2.27. The van der Waals surface area contributed by atoms with Gasteiger partial charge in [-0.05, 0) is 36.0 Å². The maximum absolute atomic E-state index is 11.4. The van der Waals surface area contributed by atoms with Crippen LogP contribution in [0, 0.1) is 0 Å². The average molecular weight is 219 g/mol. The number of carbonyl (C=O) groups excluding carboxylic acids is 1. The van der Waals surface area contributed by atoms with E-state index in [1.54, 1.807) is 7.05 Å². The molecule has 0 spiro atoms. The number of nitrogens with one attached hydrogen (secondary N) is 1. The molecule has 0 aliphatic heterocycles. The van der Waals surface area contributed by atoms with Gasteiger partial charge in [0.05, 0.1) is 0 Å². The molecule has 1 N–H and O–H groups in total. The minimum atomic E-state index is -0.0266. The van der Waals surface area contributed by atoms with Gasteiger partial charge < -0.3 is 5.32 Å². The first-order valence-corrected chi connectivity index (χ1v) is 5.90. The summed E-state index contributed by atoms with van der Waals surface area (Å²) >= 11 is 0. The van der Waals surface area contributed by atoms with Gasteiger partial charge in [0.1, 0.15) is 0 Å². The Hall–Kier alpha value is -1.31. The monoisotopic (exact) mass is 219 g/mol. The molecule has 0 saturated heterocycles. The molecule has 0 fully saturated rings. The Morgan fingerprint density at radius 1 is 1.19 bits per heavy atom. The number of carbonyl (C=O) groups is 1. The summed E-state index contributed by atoms with van der Waals surface area (Å²) in [6.07, 6.45) is 2.23. The predicted octanol–water partition coefficient (Wildman–Crippen LogP) is 3.12. The summed E-state index contributed by atoms with van der Waals surface area (Å²) in [5.74, 6) is -0.0266. The maximum Gasteiger partial charge on any atom is 0.251 e. The van der Waals surface area contributed by atoms with E-state index >= 15 is 0 Å². The number of rotatable bonds is 4. The SMILES string of the molecule is CCC(C)(CC)c1ccc(C(=O)NC)cc1. The van der Waals surface area contributed by atoms with Crippen LogP contribution in [0.2, 0.25) is 0 Å². The lowest BCUT2D eigenvalue weighted by molar-refractivity contribution is 0.0963. The molecule has 2 nitrogen and oxygen atoms in total. The third-order valence-electron chi connectivity index (χ3n) is 3.63. The molecule has 0 aliphatic carbocycles. The first-order chi connectivity index (χ1) is 7.57. The van der Waals surface area contributed by atoms with Crippen LogP contribution < -0.4 is 5.32 Å². The smallest absolute Gasteiger partial charge is 0.251 e. The van der Waals surface area contributed by atoms with E-state index in [1.165, 1.54) is 5.56 Å². The van der Waals surface area contributed by atoms with Gasteiger partial charge in [-0.3, -0.25) is 4.79 Å². The van der Waals surface area contributed by atoms with E-state index in [-0.39, 0.29) is 11.3 Å². The lowest BCUT2D eigenvalue weighted by Crippen LogP contribution is -2.21. The van der Waals surface area contributed by atoms with Crippen molar-refractivity contribution in [2.24, 2.45) is 0 Å². The van der Waals surface area contributed by atoms with Gasteiger partial charge in [0.2, 0.25) is 0 Å². The Morgan fingerprint density at radius 3 is 2.06 bits per heavy atom. The zero-order valence-electron chi connectivity index (χ0n) is 10.6. The number of hydrogen-bond donors (Lipinski definition) is 1. The van der Waals surface area contributed by atoms with Crippen LogP contribution in [0.15, 0.2) is 24.3 Å². The summed E-state index contributed by atoms with van der Waals surface area (Å²) in [4.78, 5) is 11.4. The van der Waals surface area contributed by atoms with Crippen LogP contribution in [-0.2, 0) is 5.41 Å². The highest BCUT2D eigenvalue weighted by Gasteiger charge is 2.21. The van der Waals surface area contributed by atoms with Crippen LogP contribution in [0.25, 0.3) is 0 Å². The number of benzene rings is 1. The van der Waals surface area contributed by atoms with E-state index in [4.69, 9.17) is 0 Å². The van der Waals surface area contributed by atoms with E-state index < -0.39 is 0 Å². The second-order valence-electron chi connectivity index (χ2n) is 4.42. The molecule has 1 aromatic carbocycles. The summed E-state index contributed by atoms with van der Waals surface area (Å²) in [5.41, 5.74) is 2.26. The molecule has 0 bridgehead atoms. The van der Waals surface area contributed by atoms with Gasteiger partial charge in [0, 0.05) is 12.6 Å². The molecular formula is C14H21NO. The van der Waals surface area contributed by atoms with Crippen molar-refractivity contribution < 1.29 is 4.79 Å². The molecule has 0 aliphatic rings. The van der Waals surface area contributed by atoms with Gasteiger partial charge in [0.15, 0.2) is 0 Å². The molecule has 0 heterocycles. The van der Waals surface area contributed by atoms with Crippen molar-refractivity contribution in [3.05, 3.63) is 35.4 Å². The highest BCUT2D eigenvalue weighted by Crippen LogP contribution is 2.30. The molecule has 0 atom stereocenters. The van der Waals surface area contributed by atoms with E-state index in [9.17, 15) is 4.79 Å². The van der Waals surface area contributed by atoms with Crippen LogP contribution >= 0.6 is 0 Å². The fourth-order valence-corrected chi connectivity index (χ4v) is 1.83. The average Bonchev–Trinajstić information content (AvgIpc) is 2.37. The Balaban J connectivity index is 2.98. The molecule has 1 amide bonds. The van der Waals surface area contributed by atoms with Crippen molar-refractivity contribution >= 4 is 5.91 Å². The molecule has 1 aromatic rings. The Kier molecular flexibility index (Phi) is 4.11. The molecule has 1 rings (SSSR count). The highest BCUT2D eigenvalue weighted by atomic mass is 16.1. The lowest BCUT2D eigenvalue weighted by atomic mass is 9.78. The molecule has 88 valence electrons. The van der Waals surface area contributed by atoms with E-state index in [0.29, 0.717) is 0 Å². The zero-order valence-corrected chi connectivity index (χ0v) is 10.6. The van der Waals surface area contributed by atoms with Crippen molar-refractivity contribution in [2.45, 2.75) is 39.0 Å². The summed E-state index contributed by atoms with van der Waals surface area (Å²) in [7, 11) is 1.65. The first kappa shape index (κ1) is 12.8. The Bertz CT molecular complexity index is 350. The first-order valence-electron chi connectivity index (χ1n) is 5.90. The van der Waals surface area contributed by atoms with Gasteiger partial charge in [-0.2, -0.15) is 0 Å². The van der Waals surface area contributed by atoms with Gasteiger partial charge in [-0.15, -0.1) is 0 Å². The van der Waals surface area contributed by atoms with E-state index in [0.717, 1.165) is 18.4 Å². The van der Waals surface area contributed by atoms with E-state index in [1.807, 2.05) is 12.1 Å². The topological polar surface area (TPSA) is 29.1 Å². The summed E-state index contributed by atoms with van der Waals surface area (Å²) < 4.78 is 0. The summed E-state index contributed by atoms with van der Waals surface area (Å²) in [6, 6.07) is 7.94. The molecular weight excluding hydrogens is 198 g/mol. The van der Waals surface area contributed by atoms with Crippen molar-refractivity contribution in [1.82, 2.24) is 5.32 Å². The minimum Gasteiger partial charge on any atom is -0.355 e. The fraction of sp³-hybridized carbons (Fsp3) is 0.500. The van der Waals surface area contributed by atoms with Gasteiger partial charge in [0.25, 0.3) is 5.91 Å². The largest absolute Gasteiger partial charge is 0.355 e. The standard InChI is InChI=1S/C14H21NO/c1-5-14(3,6-2)12-9-7-11(8-10-12)13(16)15-4/h7-10H,5-6H2,1-4H3,(H,15,16). The molecule has 2 heteroatoms. The fourth-order valence-electron chi connectivity index (χ4n) is 1.83. The summed E-state index contributed by atoms with van der Waals surface area (Å²) in [5, 5.41) is 2.63. The predicted molar refractivity (Wildman–Crippen MR) is 67.8 cm³/mol. The van der Waals surface area contributed by atoms with Crippen molar-refractivity contribution in [3.63, 3.8) is 0 Å². The van der Waals surface area contributed by atoms with Crippen molar-refractivity contribution in [2.75, 3.05) is 7.05 Å². The quantitative estimate of drug-likeness (QED) is 0.828. The summed E-state index contributed by atoms with van der Waals surface area (Å²) in [6.45, 7) is 6.67. The molecule has 0 aromatic heterocycles. The van der Waals surface area contributed by atoms with Gasteiger partial charge in [-0.1, -0.05) is 32.9 Å². The minimum absolute atomic E-state index is 0.0266. The molecule has 0 unspecified atom stereocenters. The second-order valence-corrected chi connectivity index (χ2v) is 4.42. The second kappa shape index (κ2) is 5.15. The third-order valence-corrected chi connectivity index (χ3v) is 3.63.